The van der Waals surface area contributed by atoms with Crippen molar-refractivity contribution in [1.82, 2.24) is 0 Å². The van der Waals surface area contributed by atoms with Gasteiger partial charge < -0.3 is 14.2 Å². The molecule has 0 bridgehead atoms. The topological polar surface area (TPSA) is 61.8 Å². The highest BCUT2D eigenvalue weighted by atomic mass is 35.5. The lowest BCUT2D eigenvalue weighted by molar-refractivity contribution is -0.137. The molecule has 1 rings (SSSR count). The molecule has 0 aliphatic heterocycles. The first-order valence-corrected chi connectivity index (χ1v) is 5.56. The van der Waals surface area contributed by atoms with Gasteiger partial charge in [-0.15, -0.1) is 0 Å². The van der Waals surface area contributed by atoms with Crippen molar-refractivity contribution >= 4 is 23.4 Å². The molecule has 0 radical (unpaired) electrons. The molecule has 0 saturated heterocycles. The zero-order valence-electron chi connectivity index (χ0n) is 10.3. The summed E-state index contributed by atoms with van der Waals surface area (Å²) in [6, 6.07) is 3.04. The minimum atomic E-state index is -0.981. The summed E-state index contributed by atoms with van der Waals surface area (Å²) in [6.45, 7) is 1.71. The fraction of sp³-hybridized carbons (Fsp3) is 0.333. The average molecular weight is 273 g/mol. The molecule has 6 heteroatoms. The first-order valence-electron chi connectivity index (χ1n) is 5.18. The number of esters is 1. The second kappa shape index (κ2) is 6.26. The molecule has 18 heavy (non-hydrogen) atoms. The Morgan fingerprint density at radius 1 is 1.17 bits per heavy atom. The highest BCUT2D eigenvalue weighted by molar-refractivity contribution is 6.46. The van der Waals surface area contributed by atoms with Crippen molar-refractivity contribution in [2.24, 2.45) is 0 Å². The summed E-state index contributed by atoms with van der Waals surface area (Å²) in [4.78, 5) is 23.3. The number of carbonyl (C=O) groups excluding carboxylic acids is 2. The van der Waals surface area contributed by atoms with Gasteiger partial charge in [-0.3, -0.25) is 4.79 Å². The third-order valence-electron chi connectivity index (χ3n) is 2.20. The highest BCUT2D eigenvalue weighted by Crippen LogP contribution is 2.35. The highest BCUT2D eigenvalue weighted by Gasteiger charge is 2.26. The van der Waals surface area contributed by atoms with E-state index in [1.54, 1.807) is 13.0 Å². The average Bonchev–Trinajstić information content (AvgIpc) is 2.37. The molecule has 0 aliphatic carbocycles. The summed E-state index contributed by atoms with van der Waals surface area (Å²) in [7, 11) is 2.78. The number of ether oxygens (including phenoxy) is 3. The Labute approximate surface area is 110 Å². The Morgan fingerprint density at radius 2 is 1.72 bits per heavy atom. The van der Waals surface area contributed by atoms with Gasteiger partial charge in [-0.1, -0.05) is 11.6 Å². The van der Waals surface area contributed by atoms with Gasteiger partial charge in [0.15, 0.2) is 0 Å². The van der Waals surface area contributed by atoms with E-state index in [1.165, 1.54) is 20.3 Å². The van der Waals surface area contributed by atoms with Crippen LogP contribution in [0.1, 0.15) is 17.3 Å². The number of hydrogen-bond donors (Lipinski definition) is 0. The quantitative estimate of drug-likeness (QED) is 0.467. The minimum Gasteiger partial charge on any atom is -0.496 e. The van der Waals surface area contributed by atoms with Crippen molar-refractivity contribution in [3.8, 4) is 11.5 Å². The van der Waals surface area contributed by atoms with Crippen LogP contribution in [0, 0.1) is 0 Å². The van der Waals surface area contributed by atoms with Crippen molar-refractivity contribution in [2.75, 3.05) is 20.8 Å². The predicted molar refractivity (Wildman–Crippen MR) is 65.5 cm³/mol. The number of rotatable bonds is 5. The van der Waals surface area contributed by atoms with Gasteiger partial charge in [0.05, 0.1) is 31.4 Å². The molecule has 0 heterocycles. The first kappa shape index (κ1) is 14.3. The normalized spacial score (nSPS) is 9.78. The summed E-state index contributed by atoms with van der Waals surface area (Å²) < 4.78 is 14.6. The molecule has 0 unspecified atom stereocenters. The van der Waals surface area contributed by atoms with Gasteiger partial charge in [-0.05, 0) is 19.1 Å². The van der Waals surface area contributed by atoms with Crippen molar-refractivity contribution in [1.29, 1.82) is 0 Å². The van der Waals surface area contributed by atoms with Crippen molar-refractivity contribution in [3.63, 3.8) is 0 Å². The first-order chi connectivity index (χ1) is 8.56. The number of hydrogen-bond acceptors (Lipinski definition) is 5. The number of Topliss-reactive ketones (excluding diaryl/α,β-unsaturated/α-hetero) is 1. The fourth-order valence-electron chi connectivity index (χ4n) is 1.38. The molecule has 0 N–H and O–H groups in total. The summed E-state index contributed by atoms with van der Waals surface area (Å²) in [6.07, 6.45) is 0. The van der Waals surface area contributed by atoms with Gasteiger partial charge in [0, 0.05) is 0 Å². The summed E-state index contributed by atoms with van der Waals surface area (Å²) in [5.41, 5.74) is -0.0584. The second-order valence-corrected chi connectivity index (χ2v) is 3.59. The molecule has 0 atom stereocenters. The largest absolute Gasteiger partial charge is 0.496 e. The fourth-order valence-corrected chi connectivity index (χ4v) is 1.70. The van der Waals surface area contributed by atoms with E-state index in [4.69, 9.17) is 21.1 Å². The van der Waals surface area contributed by atoms with E-state index in [9.17, 15) is 9.59 Å². The number of halogens is 1. The monoisotopic (exact) mass is 272 g/mol. The molecule has 1 aromatic carbocycles. The van der Waals surface area contributed by atoms with E-state index in [-0.39, 0.29) is 28.7 Å². The Hall–Kier alpha value is -1.75. The minimum absolute atomic E-state index is 0.0231. The standard InChI is InChI=1S/C12H13ClO5/c1-4-18-12(15)11(14)9-7(16-2)5-6-8(17-3)10(9)13/h5-6H,4H2,1-3H3. The Balaban J connectivity index is 3.28. The van der Waals surface area contributed by atoms with Crippen molar-refractivity contribution in [3.05, 3.63) is 22.7 Å². The van der Waals surface area contributed by atoms with Gasteiger partial charge in [0.2, 0.25) is 0 Å². The van der Waals surface area contributed by atoms with Crippen molar-refractivity contribution in [2.45, 2.75) is 6.92 Å². The van der Waals surface area contributed by atoms with Crippen LogP contribution in [-0.4, -0.2) is 32.6 Å². The second-order valence-electron chi connectivity index (χ2n) is 3.21. The zero-order valence-corrected chi connectivity index (χ0v) is 11.0. The Kier molecular flexibility index (Phi) is 4.97. The SMILES string of the molecule is CCOC(=O)C(=O)c1c(OC)ccc(OC)c1Cl. The number of ketones is 1. The van der Waals surface area contributed by atoms with E-state index >= 15 is 0 Å². The molecule has 0 fully saturated rings. The van der Waals surface area contributed by atoms with Crippen LogP contribution < -0.4 is 9.47 Å². The van der Waals surface area contributed by atoms with Crippen LogP contribution in [0.2, 0.25) is 5.02 Å². The number of methoxy groups -OCH3 is 2. The number of carbonyl (C=O) groups is 2. The smallest absolute Gasteiger partial charge is 0.379 e. The lowest BCUT2D eigenvalue weighted by atomic mass is 10.1. The Bertz CT molecular complexity index is 470. The maximum absolute atomic E-state index is 11.9. The molecule has 0 saturated carbocycles. The van der Waals surface area contributed by atoms with Gasteiger partial charge in [0.1, 0.15) is 11.5 Å². The van der Waals surface area contributed by atoms with E-state index in [0.717, 1.165) is 0 Å². The van der Waals surface area contributed by atoms with Gasteiger partial charge in [-0.2, -0.15) is 0 Å². The summed E-state index contributed by atoms with van der Waals surface area (Å²) in [5.74, 6) is -1.37. The number of benzene rings is 1. The molecule has 0 aromatic heterocycles. The van der Waals surface area contributed by atoms with Crippen LogP contribution in [0.3, 0.4) is 0 Å². The lowest BCUT2D eigenvalue weighted by Crippen LogP contribution is -2.19. The summed E-state index contributed by atoms with van der Waals surface area (Å²) >= 11 is 6.00. The third-order valence-corrected chi connectivity index (χ3v) is 2.57. The van der Waals surface area contributed by atoms with Crippen LogP contribution in [0.25, 0.3) is 0 Å². The molecular formula is C12H13ClO5. The third kappa shape index (κ3) is 2.73. The maximum Gasteiger partial charge on any atom is 0.379 e. The van der Waals surface area contributed by atoms with E-state index in [2.05, 4.69) is 4.74 Å². The van der Waals surface area contributed by atoms with Crippen LogP contribution >= 0.6 is 11.6 Å². The molecule has 0 spiro atoms. The van der Waals surface area contributed by atoms with E-state index < -0.39 is 11.8 Å². The summed E-state index contributed by atoms with van der Waals surface area (Å²) in [5, 5.41) is 0.0231. The molecule has 0 aliphatic rings. The predicted octanol–water partition coefficient (Wildman–Crippen LogP) is 2.10. The van der Waals surface area contributed by atoms with Crippen LogP contribution in [-0.2, 0) is 9.53 Å². The molecular weight excluding hydrogens is 260 g/mol. The van der Waals surface area contributed by atoms with Crippen LogP contribution in [0.15, 0.2) is 12.1 Å². The molecule has 1 aromatic rings. The molecule has 0 amide bonds. The van der Waals surface area contributed by atoms with Crippen molar-refractivity contribution < 1.29 is 23.8 Å². The molecule has 5 nitrogen and oxygen atoms in total. The van der Waals surface area contributed by atoms with E-state index in [1.807, 2.05) is 0 Å². The molecule has 98 valence electrons. The Morgan fingerprint density at radius 3 is 2.22 bits per heavy atom. The van der Waals surface area contributed by atoms with Crippen LogP contribution in [0.4, 0.5) is 0 Å². The zero-order chi connectivity index (χ0) is 13.7. The van der Waals surface area contributed by atoms with E-state index in [0.29, 0.717) is 0 Å². The lowest BCUT2D eigenvalue weighted by Gasteiger charge is -2.11. The van der Waals surface area contributed by atoms with Gasteiger partial charge in [-0.25, -0.2) is 4.79 Å². The van der Waals surface area contributed by atoms with Gasteiger partial charge >= 0.3 is 5.97 Å². The van der Waals surface area contributed by atoms with Crippen LogP contribution in [0.5, 0.6) is 11.5 Å². The van der Waals surface area contributed by atoms with Gasteiger partial charge in [0.25, 0.3) is 5.78 Å². The maximum atomic E-state index is 11.9.